The number of amides is 1. The SMILES string of the molecule is CCN(C)C(=O)C(C)n1c(CCl)nc2ccc(OC)nc21. The molecule has 0 saturated carbocycles. The Morgan fingerprint density at radius 3 is 2.76 bits per heavy atom. The molecule has 2 heterocycles. The van der Waals surface area contributed by atoms with Crippen LogP contribution >= 0.6 is 11.6 Å². The minimum atomic E-state index is -0.423. The van der Waals surface area contributed by atoms with E-state index in [0.717, 1.165) is 0 Å². The van der Waals surface area contributed by atoms with Gasteiger partial charge in [0.1, 0.15) is 17.4 Å². The summed E-state index contributed by atoms with van der Waals surface area (Å²) in [7, 11) is 3.32. The van der Waals surface area contributed by atoms with Gasteiger partial charge >= 0.3 is 0 Å². The fourth-order valence-corrected chi connectivity index (χ4v) is 2.39. The number of carbonyl (C=O) groups excluding carboxylic acids is 1. The molecule has 1 atom stereocenters. The van der Waals surface area contributed by atoms with Crippen LogP contribution in [0, 0.1) is 0 Å². The van der Waals surface area contributed by atoms with Crippen LogP contribution in [0.1, 0.15) is 25.7 Å². The molecule has 2 aromatic rings. The number of nitrogens with zero attached hydrogens (tertiary/aromatic N) is 4. The van der Waals surface area contributed by atoms with Crippen LogP contribution < -0.4 is 4.74 Å². The van der Waals surface area contributed by atoms with Crippen LogP contribution in [0.5, 0.6) is 5.88 Å². The summed E-state index contributed by atoms with van der Waals surface area (Å²) in [6, 6.07) is 3.13. The molecule has 0 fully saturated rings. The molecular formula is C14H19ClN4O2. The molecule has 114 valence electrons. The van der Waals surface area contributed by atoms with Gasteiger partial charge in [0.2, 0.25) is 11.8 Å². The van der Waals surface area contributed by atoms with E-state index in [4.69, 9.17) is 16.3 Å². The number of rotatable bonds is 5. The quantitative estimate of drug-likeness (QED) is 0.795. The number of carbonyl (C=O) groups is 1. The van der Waals surface area contributed by atoms with Gasteiger partial charge in [-0.15, -0.1) is 11.6 Å². The number of hydrogen-bond donors (Lipinski definition) is 0. The standard InChI is InChI=1S/C14H19ClN4O2/c1-5-18(3)14(20)9(2)19-11(8-15)16-10-6-7-12(21-4)17-13(10)19/h6-7,9H,5,8H2,1-4H3. The third-order valence-corrected chi connectivity index (χ3v) is 3.75. The molecule has 0 saturated heterocycles. The maximum atomic E-state index is 12.4. The summed E-state index contributed by atoms with van der Waals surface area (Å²) in [4.78, 5) is 22.9. The van der Waals surface area contributed by atoms with E-state index < -0.39 is 6.04 Å². The number of imidazole rings is 1. The van der Waals surface area contributed by atoms with Crippen LogP contribution in [0.4, 0.5) is 0 Å². The third kappa shape index (κ3) is 2.81. The summed E-state index contributed by atoms with van der Waals surface area (Å²) < 4.78 is 6.93. The largest absolute Gasteiger partial charge is 0.481 e. The first-order valence-corrected chi connectivity index (χ1v) is 7.29. The van der Waals surface area contributed by atoms with Crippen molar-refractivity contribution in [3.05, 3.63) is 18.0 Å². The molecule has 6 nitrogen and oxygen atoms in total. The second kappa shape index (κ2) is 6.30. The summed E-state index contributed by atoms with van der Waals surface area (Å²) in [5, 5.41) is 0. The van der Waals surface area contributed by atoms with Crippen molar-refractivity contribution in [2.45, 2.75) is 25.8 Å². The predicted octanol–water partition coefficient (Wildman–Crippen LogP) is 2.22. The number of hydrogen-bond acceptors (Lipinski definition) is 4. The van der Waals surface area contributed by atoms with E-state index in [1.165, 1.54) is 0 Å². The van der Waals surface area contributed by atoms with Gasteiger partial charge in [-0.3, -0.25) is 9.36 Å². The van der Waals surface area contributed by atoms with Crippen LogP contribution in [-0.2, 0) is 10.7 Å². The van der Waals surface area contributed by atoms with E-state index in [9.17, 15) is 4.79 Å². The Morgan fingerprint density at radius 2 is 2.19 bits per heavy atom. The fraction of sp³-hybridized carbons (Fsp3) is 0.500. The van der Waals surface area contributed by atoms with Crippen LogP contribution in [0.15, 0.2) is 12.1 Å². The number of methoxy groups -OCH3 is 1. The molecule has 1 amide bonds. The molecule has 1 unspecified atom stereocenters. The number of aromatic nitrogens is 3. The minimum absolute atomic E-state index is 0.00668. The number of alkyl halides is 1. The predicted molar refractivity (Wildman–Crippen MR) is 81.7 cm³/mol. The highest BCUT2D eigenvalue weighted by Gasteiger charge is 2.24. The summed E-state index contributed by atoms with van der Waals surface area (Å²) in [5.74, 6) is 1.31. The smallest absolute Gasteiger partial charge is 0.245 e. The molecule has 0 bridgehead atoms. The molecule has 0 spiro atoms. The van der Waals surface area contributed by atoms with Gasteiger partial charge in [0, 0.05) is 19.7 Å². The normalized spacial score (nSPS) is 12.4. The summed E-state index contributed by atoms with van der Waals surface area (Å²) in [5.41, 5.74) is 1.31. The van der Waals surface area contributed by atoms with Gasteiger partial charge in [0.25, 0.3) is 0 Å². The number of likely N-dealkylation sites (N-methyl/N-ethyl adjacent to an activating group) is 1. The highest BCUT2D eigenvalue weighted by atomic mass is 35.5. The average molecular weight is 311 g/mol. The van der Waals surface area contributed by atoms with Crippen LogP contribution in [-0.4, -0.2) is 46.0 Å². The van der Waals surface area contributed by atoms with E-state index in [1.807, 2.05) is 19.9 Å². The van der Waals surface area contributed by atoms with Gasteiger partial charge < -0.3 is 9.64 Å². The zero-order valence-corrected chi connectivity index (χ0v) is 13.4. The number of fused-ring (bicyclic) bond motifs is 1. The Labute approximate surface area is 128 Å². The van der Waals surface area contributed by atoms with Crippen molar-refractivity contribution >= 4 is 28.7 Å². The maximum Gasteiger partial charge on any atom is 0.245 e. The molecule has 0 N–H and O–H groups in total. The van der Waals surface area contributed by atoms with Crippen molar-refractivity contribution < 1.29 is 9.53 Å². The van der Waals surface area contributed by atoms with Crippen LogP contribution in [0.2, 0.25) is 0 Å². The van der Waals surface area contributed by atoms with Crippen LogP contribution in [0.25, 0.3) is 11.2 Å². The Balaban J connectivity index is 2.56. The summed E-state index contributed by atoms with van der Waals surface area (Å²) in [6.45, 7) is 4.40. The molecule has 0 aliphatic carbocycles. The summed E-state index contributed by atoms with van der Waals surface area (Å²) in [6.07, 6.45) is 0. The van der Waals surface area contributed by atoms with E-state index in [-0.39, 0.29) is 11.8 Å². The monoisotopic (exact) mass is 310 g/mol. The molecule has 0 aliphatic rings. The van der Waals surface area contributed by atoms with Crippen molar-refractivity contribution in [3.63, 3.8) is 0 Å². The lowest BCUT2D eigenvalue weighted by atomic mass is 10.2. The molecule has 0 aromatic carbocycles. The second-order valence-electron chi connectivity index (χ2n) is 4.76. The van der Waals surface area contributed by atoms with Crippen molar-refractivity contribution in [2.75, 3.05) is 20.7 Å². The zero-order valence-electron chi connectivity index (χ0n) is 12.6. The molecular weight excluding hydrogens is 292 g/mol. The summed E-state index contributed by atoms with van der Waals surface area (Å²) >= 11 is 5.97. The van der Waals surface area contributed by atoms with Gasteiger partial charge in [-0.1, -0.05) is 0 Å². The van der Waals surface area contributed by atoms with Crippen molar-refractivity contribution in [3.8, 4) is 5.88 Å². The Morgan fingerprint density at radius 1 is 1.48 bits per heavy atom. The third-order valence-electron chi connectivity index (χ3n) is 3.51. The Hall–Kier alpha value is -1.82. The van der Waals surface area contributed by atoms with E-state index in [1.54, 1.807) is 29.7 Å². The van der Waals surface area contributed by atoms with Crippen molar-refractivity contribution in [1.82, 2.24) is 19.4 Å². The average Bonchev–Trinajstić information content (AvgIpc) is 2.89. The lowest BCUT2D eigenvalue weighted by molar-refractivity contribution is -0.132. The number of pyridine rings is 1. The highest BCUT2D eigenvalue weighted by molar-refractivity contribution is 6.16. The van der Waals surface area contributed by atoms with Gasteiger partial charge in [0.05, 0.1) is 13.0 Å². The van der Waals surface area contributed by atoms with Gasteiger partial charge in [0.15, 0.2) is 5.65 Å². The van der Waals surface area contributed by atoms with Gasteiger partial charge in [-0.2, -0.15) is 4.98 Å². The van der Waals surface area contributed by atoms with Crippen LogP contribution in [0.3, 0.4) is 0 Å². The lowest BCUT2D eigenvalue weighted by Crippen LogP contribution is -2.33. The minimum Gasteiger partial charge on any atom is -0.481 e. The Bertz CT molecular complexity index is 656. The first-order chi connectivity index (χ1) is 10.0. The van der Waals surface area contributed by atoms with Crippen molar-refractivity contribution in [2.24, 2.45) is 0 Å². The molecule has 2 rings (SSSR count). The maximum absolute atomic E-state index is 12.4. The first kappa shape index (κ1) is 15.6. The molecule has 0 aliphatic heterocycles. The van der Waals surface area contributed by atoms with E-state index in [0.29, 0.717) is 29.4 Å². The van der Waals surface area contributed by atoms with Crippen molar-refractivity contribution in [1.29, 1.82) is 0 Å². The molecule has 2 aromatic heterocycles. The van der Waals surface area contributed by atoms with Gasteiger partial charge in [-0.05, 0) is 19.9 Å². The fourth-order valence-electron chi connectivity index (χ4n) is 2.20. The number of ether oxygens (including phenoxy) is 1. The topological polar surface area (TPSA) is 60.2 Å². The molecule has 21 heavy (non-hydrogen) atoms. The highest BCUT2D eigenvalue weighted by Crippen LogP contribution is 2.24. The Kier molecular flexibility index (Phi) is 4.67. The zero-order chi connectivity index (χ0) is 15.6. The molecule has 7 heteroatoms. The number of halogens is 1. The van der Waals surface area contributed by atoms with E-state index >= 15 is 0 Å². The first-order valence-electron chi connectivity index (χ1n) is 6.76. The second-order valence-corrected chi connectivity index (χ2v) is 5.02. The lowest BCUT2D eigenvalue weighted by Gasteiger charge is -2.22. The molecule has 0 radical (unpaired) electrons. The van der Waals surface area contributed by atoms with Gasteiger partial charge in [-0.25, -0.2) is 4.98 Å². The van der Waals surface area contributed by atoms with E-state index in [2.05, 4.69) is 9.97 Å².